The summed E-state index contributed by atoms with van der Waals surface area (Å²) in [6.07, 6.45) is 0.477. The van der Waals surface area contributed by atoms with E-state index in [0.717, 1.165) is 16.7 Å². The highest BCUT2D eigenvalue weighted by Gasteiger charge is 2.40. The summed E-state index contributed by atoms with van der Waals surface area (Å²) >= 11 is 0. The van der Waals surface area contributed by atoms with Crippen molar-refractivity contribution in [2.45, 2.75) is 59.0 Å². The molecule has 47 heavy (non-hydrogen) atoms. The van der Waals surface area contributed by atoms with Gasteiger partial charge in [0.15, 0.2) is 5.60 Å². The maximum atomic E-state index is 13.1. The van der Waals surface area contributed by atoms with Crippen LogP contribution >= 0.6 is 0 Å². The fraction of sp³-hybridized carbons (Fsp3) is 0.727. The molecular weight excluding hydrogens is 618 g/mol. The van der Waals surface area contributed by atoms with Gasteiger partial charge in [-0.3, -0.25) is 14.4 Å². The van der Waals surface area contributed by atoms with Gasteiger partial charge in [0.25, 0.3) is 5.91 Å². The van der Waals surface area contributed by atoms with Crippen molar-refractivity contribution in [3.05, 3.63) is 22.3 Å². The highest BCUT2D eigenvalue weighted by atomic mass is 16.6. The Hall–Kier alpha value is -2.85. The smallest absolute Gasteiger partial charge is 0.311 e. The minimum atomic E-state index is -1.07. The van der Waals surface area contributed by atoms with E-state index in [9.17, 15) is 14.4 Å². The first-order chi connectivity index (χ1) is 22.6. The Morgan fingerprint density at radius 3 is 1.70 bits per heavy atom. The van der Waals surface area contributed by atoms with Crippen LogP contribution in [0.15, 0.2) is 0 Å². The molecule has 14 nitrogen and oxygen atoms in total. The van der Waals surface area contributed by atoms with Gasteiger partial charge in [-0.25, -0.2) is 0 Å². The molecule has 2 rings (SSSR count). The number of esters is 1. The normalized spacial score (nSPS) is 15.6. The Kier molecular flexibility index (Phi) is 19.5. The van der Waals surface area contributed by atoms with E-state index in [2.05, 4.69) is 5.32 Å². The number of amides is 1. The van der Waals surface area contributed by atoms with Crippen molar-refractivity contribution in [2.24, 2.45) is 0 Å². The van der Waals surface area contributed by atoms with Gasteiger partial charge in [0, 0.05) is 25.6 Å². The van der Waals surface area contributed by atoms with Crippen LogP contribution in [0.5, 0.6) is 11.5 Å². The molecule has 0 radical (unpaired) electrons. The molecule has 1 amide bonds. The van der Waals surface area contributed by atoms with Crippen LogP contribution in [-0.2, 0) is 54.0 Å². The van der Waals surface area contributed by atoms with E-state index in [1.54, 1.807) is 14.0 Å². The molecular formula is C33H53NO13. The van der Waals surface area contributed by atoms with Gasteiger partial charge in [-0.15, -0.1) is 0 Å². The number of carbonyl (C=O) groups excluding carboxylic acids is 2. The Morgan fingerprint density at radius 1 is 0.723 bits per heavy atom. The molecule has 0 aliphatic carbocycles. The lowest BCUT2D eigenvalue weighted by Gasteiger charge is -2.37. The lowest BCUT2D eigenvalue weighted by molar-refractivity contribution is -0.142. The number of hydrogen-bond donors (Lipinski definition) is 2. The van der Waals surface area contributed by atoms with Gasteiger partial charge in [0.1, 0.15) is 11.5 Å². The minimum absolute atomic E-state index is 0.215. The van der Waals surface area contributed by atoms with E-state index >= 15 is 0 Å². The first kappa shape index (κ1) is 40.3. The van der Waals surface area contributed by atoms with Gasteiger partial charge >= 0.3 is 11.9 Å². The summed E-state index contributed by atoms with van der Waals surface area (Å²) in [7, 11) is 1.63. The number of aliphatic carboxylic acids is 1. The number of nitrogens with one attached hydrogen (secondary N) is 1. The summed E-state index contributed by atoms with van der Waals surface area (Å²) in [5.74, 6) is -0.872. The van der Waals surface area contributed by atoms with Crippen LogP contribution in [0.1, 0.15) is 48.4 Å². The van der Waals surface area contributed by atoms with Crippen molar-refractivity contribution >= 4 is 17.8 Å². The molecule has 0 aromatic heterocycles. The highest BCUT2D eigenvalue weighted by molar-refractivity contribution is 5.86. The average molecular weight is 672 g/mol. The summed E-state index contributed by atoms with van der Waals surface area (Å²) in [5, 5.41) is 11.7. The maximum Gasteiger partial charge on any atom is 0.311 e. The molecule has 1 atom stereocenters. The van der Waals surface area contributed by atoms with Gasteiger partial charge in [0.2, 0.25) is 0 Å². The van der Waals surface area contributed by atoms with E-state index in [-0.39, 0.29) is 18.7 Å². The van der Waals surface area contributed by atoms with Crippen LogP contribution in [0.4, 0.5) is 0 Å². The van der Waals surface area contributed by atoms with Crippen LogP contribution in [0.3, 0.4) is 0 Å². The van der Waals surface area contributed by atoms with Crippen molar-refractivity contribution < 1.29 is 62.1 Å². The standard InChI is InChI=1S/C33H53NO13/c1-24-25(2)31-27(26(3)30(24)46-29(37)7-6-28(35)36)8-9-33(4,47-31)32(38)34-10-11-40-14-15-42-18-19-44-22-23-45-21-20-43-17-16-41-13-12-39-5/h6-23H2,1-5H3,(H,34,38)(H,35,36)/t33-/m0/s1. The van der Waals surface area contributed by atoms with Gasteiger partial charge in [-0.05, 0) is 50.8 Å². The second-order valence-corrected chi connectivity index (χ2v) is 11.1. The number of fused-ring (bicyclic) bond motifs is 1. The second-order valence-electron chi connectivity index (χ2n) is 11.1. The third kappa shape index (κ3) is 14.8. The lowest BCUT2D eigenvalue weighted by atomic mass is 9.86. The molecule has 0 bridgehead atoms. The van der Waals surface area contributed by atoms with E-state index in [1.165, 1.54) is 0 Å². The first-order valence-electron chi connectivity index (χ1n) is 16.1. The Bertz CT molecular complexity index is 1110. The van der Waals surface area contributed by atoms with Crippen molar-refractivity contribution in [3.63, 3.8) is 0 Å². The molecule has 0 saturated heterocycles. The molecule has 0 fully saturated rings. The van der Waals surface area contributed by atoms with Crippen molar-refractivity contribution in [1.82, 2.24) is 5.32 Å². The predicted molar refractivity (Wildman–Crippen MR) is 170 cm³/mol. The van der Waals surface area contributed by atoms with Crippen molar-refractivity contribution in [2.75, 3.05) is 99.5 Å². The zero-order valence-electron chi connectivity index (χ0n) is 28.6. The van der Waals surface area contributed by atoms with Gasteiger partial charge in [0.05, 0.1) is 98.7 Å². The molecule has 14 heteroatoms. The number of hydrogen-bond acceptors (Lipinski definition) is 12. The van der Waals surface area contributed by atoms with Crippen LogP contribution in [0, 0.1) is 20.8 Å². The third-order valence-electron chi connectivity index (χ3n) is 7.55. The molecule has 1 heterocycles. The van der Waals surface area contributed by atoms with Gasteiger partial charge in [-0.2, -0.15) is 0 Å². The zero-order valence-corrected chi connectivity index (χ0v) is 28.6. The lowest BCUT2D eigenvalue weighted by Crippen LogP contribution is -2.51. The topological polar surface area (TPSA) is 167 Å². The summed E-state index contributed by atoms with van der Waals surface area (Å²) in [4.78, 5) is 36.1. The van der Waals surface area contributed by atoms with Gasteiger partial charge < -0.3 is 53.1 Å². The highest BCUT2D eigenvalue weighted by Crippen LogP contribution is 2.44. The SMILES string of the molecule is COCCOCCOCCOCCOCCOCCOCCNC(=O)[C@]1(C)CCc2c(C)c(OC(=O)CCC(=O)O)c(C)c(C)c2O1. The van der Waals surface area contributed by atoms with E-state index in [0.29, 0.717) is 122 Å². The van der Waals surface area contributed by atoms with Crippen molar-refractivity contribution in [3.8, 4) is 11.5 Å². The van der Waals surface area contributed by atoms with Crippen LogP contribution in [-0.4, -0.2) is 128 Å². The number of rotatable bonds is 26. The molecule has 2 N–H and O–H groups in total. The third-order valence-corrected chi connectivity index (χ3v) is 7.55. The molecule has 0 spiro atoms. The quantitative estimate of drug-likeness (QED) is 0.0838. The average Bonchev–Trinajstić information content (AvgIpc) is 3.05. The number of benzene rings is 1. The fourth-order valence-corrected chi connectivity index (χ4v) is 4.69. The Balaban J connectivity index is 1.55. The predicted octanol–water partition coefficient (Wildman–Crippen LogP) is 2.33. The van der Waals surface area contributed by atoms with Crippen LogP contribution in [0.25, 0.3) is 0 Å². The van der Waals surface area contributed by atoms with E-state index in [4.69, 9.17) is 47.7 Å². The zero-order chi connectivity index (χ0) is 34.5. The molecule has 0 saturated carbocycles. The van der Waals surface area contributed by atoms with E-state index in [1.807, 2.05) is 20.8 Å². The summed E-state index contributed by atoms with van der Waals surface area (Å²) in [5.41, 5.74) is 2.03. The monoisotopic (exact) mass is 671 g/mol. The summed E-state index contributed by atoms with van der Waals surface area (Å²) in [6, 6.07) is 0. The summed E-state index contributed by atoms with van der Waals surface area (Å²) in [6.45, 7) is 13.7. The number of ether oxygens (including phenoxy) is 9. The number of carboxylic acid groups (broad SMARTS) is 1. The number of methoxy groups -OCH3 is 1. The van der Waals surface area contributed by atoms with Crippen LogP contribution in [0.2, 0.25) is 0 Å². The number of carboxylic acids is 1. The molecule has 1 aliphatic heterocycles. The molecule has 0 unspecified atom stereocenters. The maximum absolute atomic E-state index is 13.1. The van der Waals surface area contributed by atoms with Gasteiger partial charge in [-0.1, -0.05) is 0 Å². The largest absolute Gasteiger partial charge is 0.481 e. The fourth-order valence-electron chi connectivity index (χ4n) is 4.69. The number of carbonyl (C=O) groups is 3. The summed E-state index contributed by atoms with van der Waals surface area (Å²) < 4.78 is 49.4. The Labute approximate surface area is 277 Å². The second kappa shape index (κ2) is 22.7. The molecule has 1 aromatic carbocycles. The minimum Gasteiger partial charge on any atom is -0.481 e. The molecule has 268 valence electrons. The van der Waals surface area contributed by atoms with Crippen LogP contribution < -0.4 is 14.8 Å². The van der Waals surface area contributed by atoms with Crippen molar-refractivity contribution in [1.29, 1.82) is 0 Å². The molecule has 1 aromatic rings. The first-order valence-corrected chi connectivity index (χ1v) is 16.1. The molecule has 1 aliphatic rings. The Morgan fingerprint density at radius 2 is 1.21 bits per heavy atom. The van der Waals surface area contributed by atoms with E-state index < -0.39 is 17.5 Å².